The van der Waals surface area contributed by atoms with Gasteiger partial charge in [-0.1, -0.05) is 39.3 Å². The molecular formula is C18H29NO. The van der Waals surface area contributed by atoms with Crippen LogP contribution in [0.1, 0.15) is 58.4 Å². The molecule has 1 aliphatic carbocycles. The van der Waals surface area contributed by atoms with Crippen molar-refractivity contribution in [1.29, 1.82) is 0 Å². The summed E-state index contributed by atoms with van der Waals surface area (Å²) in [7, 11) is 0. The highest BCUT2D eigenvalue weighted by atomic mass is 16.3. The first-order valence-corrected chi connectivity index (χ1v) is 8.02. The van der Waals surface area contributed by atoms with Crippen molar-refractivity contribution in [2.75, 3.05) is 0 Å². The van der Waals surface area contributed by atoms with Gasteiger partial charge in [0.1, 0.15) is 5.75 Å². The van der Waals surface area contributed by atoms with Gasteiger partial charge in [-0.05, 0) is 54.7 Å². The second kappa shape index (κ2) is 6.62. The molecule has 0 bridgehead atoms. The first-order chi connectivity index (χ1) is 9.51. The number of nitrogens with one attached hydrogen (secondary N) is 1. The number of phenolic OH excluding ortho intramolecular Hbond substituents is 1. The van der Waals surface area contributed by atoms with E-state index in [1.165, 1.54) is 37.7 Å². The molecule has 0 radical (unpaired) electrons. The summed E-state index contributed by atoms with van der Waals surface area (Å²) in [4.78, 5) is 0. The van der Waals surface area contributed by atoms with Crippen LogP contribution in [0.3, 0.4) is 0 Å². The lowest BCUT2D eigenvalue weighted by atomic mass is 9.69. The van der Waals surface area contributed by atoms with Crippen molar-refractivity contribution >= 4 is 0 Å². The van der Waals surface area contributed by atoms with E-state index in [2.05, 4.69) is 26.1 Å². The van der Waals surface area contributed by atoms with Gasteiger partial charge in [0, 0.05) is 12.6 Å². The molecule has 0 unspecified atom stereocenters. The van der Waals surface area contributed by atoms with Gasteiger partial charge in [-0.2, -0.15) is 0 Å². The van der Waals surface area contributed by atoms with Crippen LogP contribution in [0.2, 0.25) is 0 Å². The molecule has 0 atom stereocenters. The predicted molar refractivity (Wildman–Crippen MR) is 84.8 cm³/mol. The molecule has 2 nitrogen and oxygen atoms in total. The summed E-state index contributed by atoms with van der Waals surface area (Å²) in [5.41, 5.74) is 1.75. The summed E-state index contributed by atoms with van der Waals surface area (Å²) in [6.45, 7) is 8.06. The van der Waals surface area contributed by atoms with Crippen LogP contribution in [-0.4, -0.2) is 11.1 Å². The molecule has 1 aromatic carbocycles. The fourth-order valence-corrected chi connectivity index (χ4v) is 3.24. The van der Waals surface area contributed by atoms with Crippen LogP contribution in [-0.2, 0) is 6.54 Å². The number of phenols is 1. The van der Waals surface area contributed by atoms with Crippen molar-refractivity contribution in [3.05, 3.63) is 29.8 Å². The predicted octanol–water partition coefficient (Wildman–Crippen LogP) is 4.48. The number of rotatable bonds is 5. The van der Waals surface area contributed by atoms with Crippen molar-refractivity contribution < 1.29 is 5.11 Å². The summed E-state index contributed by atoms with van der Waals surface area (Å²) in [5, 5.41) is 12.9. The van der Waals surface area contributed by atoms with Crippen molar-refractivity contribution in [3.8, 4) is 5.75 Å². The highest BCUT2D eigenvalue weighted by Crippen LogP contribution is 2.40. The van der Waals surface area contributed by atoms with E-state index in [1.54, 1.807) is 12.1 Å². The number of hydrogen-bond donors (Lipinski definition) is 2. The Bertz CT molecular complexity index is 402. The highest BCUT2D eigenvalue weighted by molar-refractivity contribution is 5.25. The lowest BCUT2D eigenvalue weighted by molar-refractivity contribution is 0.137. The Kier molecular flexibility index (Phi) is 5.09. The molecule has 112 valence electrons. The lowest BCUT2D eigenvalue weighted by Crippen LogP contribution is -2.36. The van der Waals surface area contributed by atoms with Crippen LogP contribution in [0.4, 0.5) is 0 Å². The van der Waals surface area contributed by atoms with Crippen molar-refractivity contribution in [2.24, 2.45) is 11.3 Å². The minimum Gasteiger partial charge on any atom is -0.508 e. The minimum absolute atomic E-state index is 0.344. The molecule has 2 N–H and O–H groups in total. The molecule has 2 rings (SSSR count). The Morgan fingerprint density at radius 1 is 1.10 bits per heavy atom. The van der Waals surface area contributed by atoms with Crippen LogP contribution in [0.15, 0.2) is 24.3 Å². The van der Waals surface area contributed by atoms with Crippen molar-refractivity contribution in [1.82, 2.24) is 5.32 Å². The second-order valence-electron chi connectivity index (χ2n) is 6.94. The zero-order valence-electron chi connectivity index (χ0n) is 13.2. The highest BCUT2D eigenvalue weighted by Gasteiger charge is 2.31. The molecule has 2 heteroatoms. The minimum atomic E-state index is 0.344. The van der Waals surface area contributed by atoms with Gasteiger partial charge in [0.2, 0.25) is 0 Å². The van der Waals surface area contributed by atoms with Gasteiger partial charge in [-0.15, -0.1) is 0 Å². The standard InChI is InChI=1S/C18H29NO/c1-4-18(2,3)15-7-9-16(10-8-15)19-13-14-5-11-17(20)12-6-14/h5-6,11-12,15-16,19-20H,4,7-10,13H2,1-3H3. The third-order valence-corrected chi connectivity index (χ3v) is 5.27. The summed E-state index contributed by atoms with van der Waals surface area (Å²) in [6.07, 6.45) is 6.59. The fraction of sp³-hybridized carbons (Fsp3) is 0.667. The van der Waals surface area contributed by atoms with E-state index < -0.39 is 0 Å². The average Bonchev–Trinajstić information content (AvgIpc) is 2.47. The Morgan fingerprint density at radius 3 is 2.25 bits per heavy atom. The number of benzene rings is 1. The first-order valence-electron chi connectivity index (χ1n) is 8.02. The van der Waals surface area contributed by atoms with Gasteiger partial charge in [0.05, 0.1) is 0 Å². The van der Waals surface area contributed by atoms with Crippen LogP contribution >= 0.6 is 0 Å². The van der Waals surface area contributed by atoms with Crippen LogP contribution < -0.4 is 5.32 Å². The molecule has 0 heterocycles. The largest absolute Gasteiger partial charge is 0.508 e. The molecule has 0 saturated heterocycles. The Labute approximate surface area is 123 Å². The van der Waals surface area contributed by atoms with Gasteiger partial charge in [-0.25, -0.2) is 0 Å². The quantitative estimate of drug-likeness (QED) is 0.830. The molecule has 1 aliphatic rings. The molecule has 0 aliphatic heterocycles. The third kappa shape index (κ3) is 3.99. The monoisotopic (exact) mass is 275 g/mol. The molecule has 0 amide bonds. The zero-order chi connectivity index (χ0) is 14.6. The molecular weight excluding hydrogens is 246 g/mol. The first kappa shape index (κ1) is 15.4. The fourth-order valence-electron chi connectivity index (χ4n) is 3.24. The summed E-state index contributed by atoms with van der Waals surface area (Å²) >= 11 is 0. The van der Waals surface area contributed by atoms with E-state index in [9.17, 15) is 5.11 Å². The lowest BCUT2D eigenvalue weighted by Gasteiger charge is -2.39. The summed E-state index contributed by atoms with van der Waals surface area (Å²) in [5.74, 6) is 1.23. The zero-order valence-corrected chi connectivity index (χ0v) is 13.2. The maximum absolute atomic E-state index is 9.28. The Hall–Kier alpha value is -1.02. The summed E-state index contributed by atoms with van der Waals surface area (Å²) in [6, 6.07) is 8.17. The maximum atomic E-state index is 9.28. The van der Waals surface area contributed by atoms with Gasteiger partial charge in [0.15, 0.2) is 0 Å². The third-order valence-electron chi connectivity index (χ3n) is 5.27. The number of aromatic hydroxyl groups is 1. The normalized spacial score (nSPS) is 23.8. The van der Waals surface area contributed by atoms with Crippen LogP contribution in [0.5, 0.6) is 5.75 Å². The topological polar surface area (TPSA) is 32.3 Å². The van der Waals surface area contributed by atoms with E-state index >= 15 is 0 Å². The van der Waals surface area contributed by atoms with E-state index in [1.807, 2.05) is 12.1 Å². The van der Waals surface area contributed by atoms with Gasteiger partial charge in [0.25, 0.3) is 0 Å². The van der Waals surface area contributed by atoms with Gasteiger partial charge < -0.3 is 10.4 Å². The molecule has 1 saturated carbocycles. The molecule has 20 heavy (non-hydrogen) atoms. The molecule has 1 aromatic rings. The van der Waals surface area contributed by atoms with E-state index in [0.717, 1.165) is 12.5 Å². The van der Waals surface area contributed by atoms with Crippen LogP contribution in [0, 0.1) is 11.3 Å². The van der Waals surface area contributed by atoms with Gasteiger partial charge >= 0.3 is 0 Å². The molecule has 0 aromatic heterocycles. The van der Waals surface area contributed by atoms with Gasteiger partial charge in [-0.3, -0.25) is 0 Å². The Balaban J connectivity index is 1.76. The maximum Gasteiger partial charge on any atom is 0.115 e. The summed E-state index contributed by atoms with van der Waals surface area (Å²) < 4.78 is 0. The van der Waals surface area contributed by atoms with E-state index in [-0.39, 0.29) is 0 Å². The van der Waals surface area contributed by atoms with Crippen molar-refractivity contribution in [2.45, 2.75) is 65.5 Å². The van der Waals surface area contributed by atoms with E-state index in [0.29, 0.717) is 17.2 Å². The molecule has 0 spiro atoms. The van der Waals surface area contributed by atoms with Crippen molar-refractivity contribution in [3.63, 3.8) is 0 Å². The number of hydrogen-bond acceptors (Lipinski definition) is 2. The molecule has 1 fully saturated rings. The Morgan fingerprint density at radius 2 is 1.70 bits per heavy atom. The second-order valence-corrected chi connectivity index (χ2v) is 6.94. The smallest absolute Gasteiger partial charge is 0.115 e. The average molecular weight is 275 g/mol. The van der Waals surface area contributed by atoms with Crippen LogP contribution in [0.25, 0.3) is 0 Å². The van der Waals surface area contributed by atoms with E-state index in [4.69, 9.17) is 0 Å². The SMILES string of the molecule is CCC(C)(C)C1CCC(NCc2ccc(O)cc2)CC1.